The number of rotatable bonds is 5. The minimum absolute atomic E-state index is 0. The standard InChI is InChI=1S/C7H13NO4S.Na/c1-4-7(9)6(8(2)3)5-13(10,11)12;/h4,6H,1,5H2,2-3H3,(H,10,11,12);. The SMILES string of the molecule is C=CC(=O)C(CS(=O)(=O)O)N(C)C.[Na]. The third-order valence-electron chi connectivity index (χ3n) is 1.52. The van der Waals surface area contributed by atoms with E-state index < -0.39 is 27.7 Å². The molecule has 0 spiro atoms. The van der Waals surface area contributed by atoms with Gasteiger partial charge in [0, 0.05) is 29.6 Å². The van der Waals surface area contributed by atoms with Crippen LogP contribution >= 0.6 is 0 Å². The third kappa shape index (κ3) is 6.69. The summed E-state index contributed by atoms with van der Waals surface area (Å²) in [5.74, 6) is -1.03. The molecule has 77 valence electrons. The molecule has 7 heteroatoms. The van der Waals surface area contributed by atoms with Gasteiger partial charge in [0.2, 0.25) is 0 Å². The van der Waals surface area contributed by atoms with Crippen LogP contribution in [0.3, 0.4) is 0 Å². The number of carbonyl (C=O) groups excluding carboxylic acids is 1. The molecule has 0 amide bonds. The Morgan fingerprint density at radius 1 is 1.57 bits per heavy atom. The second kappa shape index (κ2) is 6.71. The zero-order valence-corrected chi connectivity index (χ0v) is 11.4. The quantitative estimate of drug-likeness (QED) is 0.379. The Hall–Kier alpha value is 0.280. The van der Waals surface area contributed by atoms with Crippen molar-refractivity contribution < 1.29 is 17.8 Å². The molecule has 1 unspecified atom stereocenters. The molecule has 0 bridgehead atoms. The summed E-state index contributed by atoms with van der Waals surface area (Å²) in [5.41, 5.74) is 0. The molecule has 0 aromatic carbocycles. The average molecular weight is 230 g/mol. The maximum atomic E-state index is 11.1. The predicted octanol–water partition coefficient (Wildman–Crippen LogP) is -0.821. The Bertz CT molecular complexity index is 299. The van der Waals surface area contributed by atoms with Crippen LogP contribution in [0.1, 0.15) is 0 Å². The summed E-state index contributed by atoms with van der Waals surface area (Å²) in [4.78, 5) is 12.5. The fourth-order valence-corrected chi connectivity index (χ4v) is 1.68. The topological polar surface area (TPSA) is 74.7 Å². The molecule has 1 N–H and O–H groups in total. The molecule has 0 aliphatic carbocycles. The molecule has 0 saturated heterocycles. The molecule has 0 fully saturated rings. The zero-order chi connectivity index (χ0) is 10.6. The van der Waals surface area contributed by atoms with Crippen molar-refractivity contribution in [3.8, 4) is 0 Å². The smallest absolute Gasteiger partial charge is 0.266 e. The average Bonchev–Trinajstić information content (AvgIpc) is 1.96. The van der Waals surface area contributed by atoms with Crippen molar-refractivity contribution in [2.45, 2.75) is 6.04 Å². The van der Waals surface area contributed by atoms with Gasteiger partial charge in [0.1, 0.15) is 0 Å². The third-order valence-corrected chi connectivity index (χ3v) is 2.26. The van der Waals surface area contributed by atoms with E-state index in [1.54, 1.807) is 14.1 Å². The van der Waals surface area contributed by atoms with E-state index in [0.29, 0.717) is 0 Å². The van der Waals surface area contributed by atoms with Gasteiger partial charge in [0.25, 0.3) is 10.1 Å². The van der Waals surface area contributed by atoms with Crippen molar-refractivity contribution in [2.75, 3.05) is 19.8 Å². The Labute approximate surface area is 106 Å². The molecule has 0 heterocycles. The summed E-state index contributed by atoms with van der Waals surface area (Å²) in [6, 6.07) is -0.868. The minimum atomic E-state index is -4.13. The van der Waals surface area contributed by atoms with Crippen LogP contribution < -0.4 is 0 Å². The van der Waals surface area contributed by atoms with Crippen LogP contribution in [-0.2, 0) is 14.9 Å². The van der Waals surface area contributed by atoms with Gasteiger partial charge >= 0.3 is 0 Å². The number of hydrogen-bond donors (Lipinski definition) is 1. The summed E-state index contributed by atoms with van der Waals surface area (Å²) in [5, 5.41) is 0. The number of ketones is 1. The van der Waals surface area contributed by atoms with Crippen molar-refractivity contribution in [1.29, 1.82) is 0 Å². The Kier molecular flexibility index (Phi) is 8.00. The number of carbonyl (C=O) groups is 1. The number of likely N-dealkylation sites (N-methyl/N-ethyl adjacent to an activating group) is 1. The first-order valence-corrected chi connectivity index (χ1v) is 5.16. The normalized spacial score (nSPS) is 13.1. The van der Waals surface area contributed by atoms with Crippen molar-refractivity contribution in [3.05, 3.63) is 12.7 Å². The van der Waals surface area contributed by atoms with Crippen LogP contribution in [-0.4, -0.2) is 79.1 Å². The van der Waals surface area contributed by atoms with E-state index in [4.69, 9.17) is 4.55 Å². The maximum Gasteiger partial charge on any atom is 0.266 e. The van der Waals surface area contributed by atoms with Gasteiger partial charge in [0.15, 0.2) is 5.78 Å². The summed E-state index contributed by atoms with van der Waals surface area (Å²) < 4.78 is 29.6. The fraction of sp³-hybridized carbons (Fsp3) is 0.571. The summed E-state index contributed by atoms with van der Waals surface area (Å²) in [6.45, 7) is 3.24. The van der Waals surface area contributed by atoms with Crippen molar-refractivity contribution in [2.24, 2.45) is 0 Å². The van der Waals surface area contributed by atoms with Crippen LogP contribution in [0.4, 0.5) is 0 Å². The number of nitrogens with zero attached hydrogens (tertiary/aromatic N) is 1. The van der Waals surface area contributed by atoms with Crippen molar-refractivity contribution >= 4 is 45.5 Å². The van der Waals surface area contributed by atoms with Gasteiger partial charge < -0.3 is 0 Å². The number of hydrogen-bond acceptors (Lipinski definition) is 4. The minimum Gasteiger partial charge on any atom is -0.299 e. The van der Waals surface area contributed by atoms with E-state index in [1.165, 1.54) is 4.90 Å². The first-order chi connectivity index (χ1) is 5.78. The van der Waals surface area contributed by atoms with Gasteiger partial charge in [-0.3, -0.25) is 14.2 Å². The molecule has 0 aromatic heterocycles. The zero-order valence-electron chi connectivity index (χ0n) is 8.60. The molecule has 14 heavy (non-hydrogen) atoms. The van der Waals surface area contributed by atoms with E-state index in [9.17, 15) is 13.2 Å². The van der Waals surface area contributed by atoms with Gasteiger partial charge in [0.05, 0.1) is 11.8 Å². The molecule has 5 nitrogen and oxygen atoms in total. The van der Waals surface area contributed by atoms with Gasteiger partial charge in [-0.2, -0.15) is 8.42 Å². The molecular formula is C7H13NNaO4S. The second-order valence-electron chi connectivity index (χ2n) is 2.83. The van der Waals surface area contributed by atoms with E-state index in [0.717, 1.165) is 6.08 Å². The maximum absolute atomic E-state index is 11.1. The molecule has 0 aliphatic heterocycles. The molecule has 0 saturated carbocycles. The van der Waals surface area contributed by atoms with Gasteiger partial charge in [-0.15, -0.1) is 0 Å². The Morgan fingerprint density at radius 3 is 2.21 bits per heavy atom. The molecule has 0 aliphatic rings. The van der Waals surface area contributed by atoms with Crippen LogP contribution in [0.2, 0.25) is 0 Å². The summed E-state index contributed by atoms with van der Waals surface area (Å²) in [7, 11) is -1.03. The largest absolute Gasteiger partial charge is 0.299 e. The fourth-order valence-electron chi connectivity index (χ4n) is 0.821. The Balaban J connectivity index is 0. The van der Waals surface area contributed by atoms with E-state index >= 15 is 0 Å². The van der Waals surface area contributed by atoms with E-state index in [-0.39, 0.29) is 29.6 Å². The van der Waals surface area contributed by atoms with Crippen LogP contribution in [0.25, 0.3) is 0 Å². The van der Waals surface area contributed by atoms with Gasteiger partial charge in [-0.05, 0) is 20.2 Å². The van der Waals surface area contributed by atoms with Crippen molar-refractivity contribution in [3.63, 3.8) is 0 Å². The predicted molar refractivity (Wildman–Crippen MR) is 54.8 cm³/mol. The van der Waals surface area contributed by atoms with Crippen LogP contribution in [0.5, 0.6) is 0 Å². The molecule has 1 atom stereocenters. The second-order valence-corrected chi connectivity index (χ2v) is 4.33. The van der Waals surface area contributed by atoms with Crippen LogP contribution in [0, 0.1) is 0 Å². The van der Waals surface area contributed by atoms with Crippen LogP contribution in [0.15, 0.2) is 12.7 Å². The summed E-state index contributed by atoms with van der Waals surface area (Å²) in [6.07, 6.45) is 1.04. The first-order valence-electron chi connectivity index (χ1n) is 3.56. The van der Waals surface area contributed by atoms with Gasteiger partial charge in [-0.1, -0.05) is 6.58 Å². The molecule has 0 rings (SSSR count). The van der Waals surface area contributed by atoms with Gasteiger partial charge in [-0.25, -0.2) is 0 Å². The monoisotopic (exact) mass is 230 g/mol. The molecule has 1 radical (unpaired) electrons. The molecule has 0 aromatic rings. The van der Waals surface area contributed by atoms with E-state index in [2.05, 4.69) is 6.58 Å². The van der Waals surface area contributed by atoms with E-state index in [1.807, 2.05) is 0 Å². The summed E-state index contributed by atoms with van der Waals surface area (Å²) >= 11 is 0. The Morgan fingerprint density at radius 2 is 2.00 bits per heavy atom. The van der Waals surface area contributed by atoms with Crippen molar-refractivity contribution in [1.82, 2.24) is 4.90 Å². The first kappa shape index (κ1) is 16.7. The molecular weight excluding hydrogens is 217 g/mol.